The number of H-pyrrole nitrogens is 1. The van der Waals surface area contributed by atoms with Crippen LogP contribution in [-0.2, 0) is 0 Å². The van der Waals surface area contributed by atoms with E-state index in [2.05, 4.69) is 43.2 Å². The molecule has 1 aromatic heterocycles. The summed E-state index contributed by atoms with van der Waals surface area (Å²) in [6.45, 7) is 10.2. The molecule has 5 nitrogen and oxygen atoms in total. The average molecular weight is 250 g/mol. The standard InChI is InChI=1S/C13H22N4O/c1-7-8(6-15-17-7)9(18)16-11-12(2,3)10(14)13(11,4)5/h6,10-11H,14H2,1-5H3,(H,15,17)(H,16,18). The predicted molar refractivity (Wildman–Crippen MR) is 70.1 cm³/mol. The van der Waals surface area contributed by atoms with Gasteiger partial charge in [0.15, 0.2) is 0 Å². The van der Waals surface area contributed by atoms with Crippen LogP contribution in [0.3, 0.4) is 0 Å². The van der Waals surface area contributed by atoms with E-state index in [1.807, 2.05) is 6.92 Å². The predicted octanol–water partition coefficient (Wildman–Crippen LogP) is 1.21. The molecule has 1 saturated carbocycles. The number of carbonyl (C=O) groups is 1. The molecule has 1 fully saturated rings. The Morgan fingerprint density at radius 3 is 2.39 bits per heavy atom. The number of hydrogen-bond acceptors (Lipinski definition) is 3. The number of aromatic amines is 1. The number of nitrogens with two attached hydrogens (primary N) is 1. The van der Waals surface area contributed by atoms with Gasteiger partial charge in [-0.05, 0) is 6.92 Å². The van der Waals surface area contributed by atoms with Crippen molar-refractivity contribution in [3.05, 3.63) is 17.5 Å². The molecule has 0 bridgehead atoms. The molecule has 0 spiro atoms. The molecule has 0 atom stereocenters. The average Bonchev–Trinajstić information content (AvgIpc) is 2.70. The maximum Gasteiger partial charge on any atom is 0.254 e. The van der Waals surface area contributed by atoms with Crippen LogP contribution in [0.5, 0.6) is 0 Å². The Kier molecular flexibility index (Phi) is 2.77. The van der Waals surface area contributed by atoms with Crippen molar-refractivity contribution in [2.45, 2.75) is 46.7 Å². The number of aromatic nitrogens is 2. The number of rotatable bonds is 2. The first-order valence-corrected chi connectivity index (χ1v) is 6.25. The first-order chi connectivity index (χ1) is 8.19. The maximum absolute atomic E-state index is 12.2. The van der Waals surface area contributed by atoms with Gasteiger partial charge in [-0.3, -0.25) is 9.89 Å². The number of nitrogens with zero attached hydrogens (tertiary/aromatic N) is 1. The van der Waals surface area contributed by atoms with Crippen LogP contribution >= 0.6 is 0 Å². The molecule has 1 aromatic rings. The molecule has 1 heterocycles. The maximum atomic E-state index is 12.2. The molecule has 100 valence electrons. The minimum absolute atomic E-state index is 0.0711. The topological polar surface area (TPSA) is 83.8 Å². The molecule has 1 aliphatic carbocycles. The summed E-state index contributed by atoms with van der Waals surface area (Å²) >= 11 is 0. The third-order valence-corrected chi connectivity index (χ3v) is 4.44. The van der Waals surface area contributed by atoms with Gasteiger partial charge in [0.25, 0.3) is 5.91 Å². The summed E-state index contributed by atoms with van der Waals surface area (Å²) in [6.07, 6.45) is 1.56. The molecule has 18 heavy (non-hydrogen) atoms. The van der Waals surface area contributed by atoms with Crippen LogP contribution in [0.1, 0.15) is 43.7 Å². The van der Waals surface area contributed by atoms with Gasteiger partial charge in [-0.2, -0.15) is 5.10 Å². The van der Waals surface area contributed by atoms with E-state index >= 15 is 0 Å². The van der Waals surface area contributed by atoms with E-state index in [-0.39, 0.29) is 28.8 Å². The van der Waals surface area contributed by atoms with Crippen molar-refractivity contribution in [3.8, 4) is 0 Å². The SMILES string of the molecule is Cc1[nH]ncc1C(=O)NC1C(C)(C)C(N)C1(C)C. The Morgan fingerprint density at radius 1 is 1.39 bits per heavy atom. The largest absolute Gasteiger partial charge is 0.348 e. The van der Waals surface area contributed by atoms with Gasteiger partial charge in [-0.25, -0.2) is 0 Å². The lowest BCUT2D eigenvalue weighted by Crippen LogP contribution is -2.76. The van der Waals surface area contributed by atoms with Gasteiger partial charge in [0.1, 0.15) is 0 Å². The highest BCUT2D eigenvalue weighted by Crippen LogP contribution is 2.52. The molecule has 0 aromatic carbocycles. The van der Waals surface area contributed by atoms with Crippen LogP contribution in [0.15, 0.2) is 6.20 Å². The minimum Gasteiger partial charge on any atom is -0.348 e. The third kappa shape index (κ3) is 1.65. The van der Waals surface area contributed by atoms with Gasteiger partial charge in [-0.15, -0.1) is 0 Å². The van der Waals surface area contributed by atoms with Crippen LogP contribution in [0.25, 0.3) is 0 Å². The fraction of sp³-hybridized carbons (Fsp3) is 0.692. The molecule has 0 saturated heterocycles. The van der Waals surface area contributed by atoms with E-state index in [1.165, 1.54) is 0 Å². The Balaban J connectivity index is 2.16. The zero-order valence-electron chi connectivity index (χ0n) is 11.7. The molecule has 0 unspecified atom stereocenters. The zero-order valence-corrected chi connectivity index (χ0v) is 11.7. The van der Waals surface area contributed by atoms with Crippen LogP contribution in [-0.4, -0.2) is 28.2 Å². The molecule has 4 N–H and O–H groups in total. The summed E-state index contributed by atoms with van der Waals surface area (Å²) in [4.78, 5) is 12.2. The molecule has 5 heteroatoms. The van der Waals surface area contributed by atoms with Gasteiger partial charge in [0.2, 0.25) is 0 Å². The first kappa shape index (κ1) is 13.1. The van der Waals surface area contributed by atoms with Gasteiger partial charge < -0.3 is 11.1 Å². The summed E-state index contributed by atoms with van der Waals surface area (Å²) in [5.41, 5.74) is 7.39. The fourth-order valence-corrected chi connectivity index (χ4v) is 3.34. The van der Waals surface area contributed by atoms with Crippen LogP contribution in [0, 0.1) is 17.8 Å². The number of carbonyl (C=O) groups excluding carboxylic acids is 1. The lowest BCUT2D eigenvalue weighted by molar-refractivity contribution is -0.0663. The summed E-state index contributed by atoms with van der Waals surface area (Å²) in [5.74, 6) is -0.0840. The van der Waals surface area contributed by atoms with Crippen molar-refractivity contribution in [2.75, 3.05) is 0 Å². The smallest absolute Gasteiger partial charge is 0.254 e. The van der Waals surface area contributed by atoms with Crippen LogP contribution in [0.2, 0.25) is 0 Å². The molecule has 1 aliphatic rings. The third-order valence-electron chi connectivity index (χ3n) is 4.44. The minimum atomic E-state index is -0.0865. The molecule has 2 rings (SSSR count). The van der Waals surface area contributed by atoms with Gasteiger partial charge >= 0.3 is 0 Å². The van der Waals surface area contributed by atoms with Gasteiger partial charge in [0, 0.05) is 28.6 Å². The summed E-state index contributed by atoms with van der Waals surface area (Å²) in [5, 5.41) is 9.74. The van der Waals surface area contributed by atoms with Crippen LogP contribution < -0.4 is 11.1 Å². The zero-order chi connectivity index (χ0) is 13.7. The van der Waals surface area contributed by atoms with Crippen LogP contribution in [0.4, 0.5) is 0 Å². The monoisotopic (exact) mass is 250 g/mol. The Bertz CT molecular complexity index is 459. The van der Waals surface area contributed by atoms with E-state index in [1.54, 1.807) is 6.20 Å². The van der Waals surface area contributed by atoms with Crippen molar-refractivity contribution in [2.24, 2.45) is 16.6 Å². The molecule has 0 radical (unpaired) electrons. The Morgan fingerprint density at radius 2 is 1.94 bits per heavy atom. The second-order valence-corrected chi connectivity index (χ2v) is 6.44. The van der Waals surface area contributed by atoms with Gasteiger partial charge in [-0.1, -0.05) is 27.7 Å². The van der Waals surface area contributed by atoms with Crippen molar-refractivity contribution in [1.82, 2.24) is 15.5 Å². The highest BCUT2D eigenvalue weighted by molar-refractivity contribution is 5.95. The van der Waals surface area contributed by atoms with Crippen molar-refractivity contribution >= 4 is 5.91 Å². The molecular formula is C13H22N4O. The van der Waals surface area contributed by atoms with Crippen molar-refractivity contribution in [3.63, 3.8) is 0 Å². The Hall–Kier alpha value is -1.36. The summed E-state index contributed by atoms with van der Waals surface area (Å²) < 4.78 is 0. The van der Waals surface area contributed by atoms with Crippen molar-refractivity contribution < 1.29 is 4.79 Å². The highest BCUT2D eigenvalue weighted by atomic mass is 16.1. The van der Waals surface area contributed by atoms with Gasteiger partial charge in [0.05, 0.1) is 11.8 Å². The lowest BCUT2D eigenvalue weighted by Gasteiger charge is -2.62. The number of nitrogens with one attached hydrogen (secondary N) is 2. The highest BCUT2D eigenvalue weighted by Gasteiger charge is 2.60. The first-order valence-electron chi connectivity index (χ1n) is 6.25. The second-order valence-electron chi connectivity index (χ2n) is 6.44. The normalized spacial score (nSPS) is 28.6. The van der Waals surface area contributed by atoms with E-state index in [0.717, 1.165) is 5.69 Å². The van der Waals surface area contributed by atoms with E-state index < -0.39 is 0 Å². The second kappa shape index (κ2) is 3.82. The van der Waals surface area contributed by atoms with E-state index in [0.29, 0.717) is 5.56 Å². The quantitative estimate of drug-likeness (QED) is 0.737. The lowest BCUT2D eigenvalue weighted by atomic mass is 9.48. The molecule has 0 aliphatic heterocycles. The van der Waals surface area contributed by atoms with E-state index in [4.69, 9.17) is 5.73 Å². The van der Waals surface area contributed by atoms with E-state index in [9.17, 15) is 4.79 Å². The van der Waals surface area contributed by atoms with Crippen molar-refractivity contribution in [1.29, 1.82) is 0 Å². The summed E-state index contributed by atoms with van der Waals surface area (Å²) in [6, 6.07) is 0.155. The molecular weight excluding hydrogens is 228 g/mol. The number of aryl methyl sites for hydroxylation is 1. The molecule has 1 amide bonds. The fourth-order valence-electron chi connectivity index (χ4n) is 3.34. The number of amides is 1. The number of hydrogen-bond donors (Lipinski definition) is 3. The summed E-state index contributed by atoms with van der Waals surface area (Å²) in [7, 11) is 0. The Labute approximate surface area is 108 Å².